The van der Waals surface area contributed by atoms with E-state index >= 15 is 0 Å². The Morgan fingerprint density at radius 3 is 2.39 bits per heavy atom. The first kappa shape index (κ1) is 24.5. The number of carboxylic acid groups (broad SMARTS) is 1. The van der Waals surface area contributed by atoms with Gasteiger partial charge in [0.1, 0.15) is 10.7 Å². The van der Waals surface area contributed by atoms with E-state index in [1.807, 2.05) is 7.05 Å². The molecular formula is C22H29N3O5S. The molecule has 2 aromatic rings. The van der Waals surface area contributed by atoms with Crippen LogP contribution < -0.4 is 5.32 Å². The molecule has 1 heterocycles. The predicted octanol–water partition coefficient (Wildman–Crippen LogP) is 3.28. The second-order valence-electron chi connectivity index (χ2n) is 7.61. The lowest BCUT2D eigenvalue weighted by atomic mass is 9.98. The van der Waals surface area contributed by atoms with Crippen LogP contribution >= 0.6 is 11.3 Å². The Hall–Kier alpha value is -2.78. The van der Waals surface area contributed by atoms with Gasteiger partial charge in [-0.15, -0.1) is 11.3 Å². The van der Waals surface area contributed by atoms with E-state index in [4.69, 9.17) is 4.74 Å². The Kier molecular flexibility index (Phi) is 8.70. The molecule has 0 saturated heterocycles. The topological polar surface area (TPSA) is 109 Å². The maximum atomic E-state index is 13.0. The summed E-state index contributed by atoms with van der Waals surface area (Å²) in [5.41, 5.74) is 0.611. The van der Waals surface area contributed by atoms with E-state index in [0.29, 0.717) is 22.9 Å². The van der Waals surface area contributed by atoms with Crippen LogP contribution in [-0.4, -0.2) is 53.0 Å². The van der Waals surface area contributed by atoms with Crippen molar-refractivity contribution in [3.05, 3.63) is 52.0 Å². The molecule has 1 aromatic carbocycles. The average Bonchev–Trinajstić information content (AvgIpc) is 3.20. The summed E-state index contributed by atoms with van der Waals surface area (Å²) < 4.78 is 5.48. The van der Waals surface area contributed by atoms with Crippen LogP contribution in [0.3, 0.4) is 0 Å². The molecule has 2 N–H and O–H groups in total. The van der Waals surface area contributed by atoms with Crippen molar-refractivity contribution in [2.24, 2.45) is 5.92 Å². The van der Waals surface area contributed by atoms with Gasteiger partial charge < -0.3 is 20.1 Å². The van der Waals surface area contributed by atoms with Crippen molar-refractivity contribution in [3.8, 4) is 0 Å². The van der Waals surface area contributed by atoms with Gasteiger partial charge in [-0.1, -0.05) is 44.2 Å². The molecule has 0 aliphatic carbocycles. The van der Waals surface area contributed by atoms with Crippen LogP contribution in [0.5, 0.6) is 0 Å². The number of aliphatic carboxylic acids is 1. The number of carbonyl (C=O) groups is 3. The second kappa shape index (κ2) is 11.0. The molecule has 1 unspecified atom stereocenters. The van der Waals surface area contributed by atoms with Gasteiger partial charge in [0, 0.05) is 31.8 Å². The van der Waals surface area contributed by atoms with E-state index in [2.05, 4.69) is 24.1 Å². The van der Waals surface area contributed by atoms with Crippen molar-refractivity contribution in [1.29, 1.82) is 0 Å². The number of benzene rings is 1. The maximum absolute atomic E-state index is 13.0. The predicted molar refractivity (Wildman–Crippen MR) is 118 cm³/mol. The lowest BCUT2D eigenvalue weighted by molar-refractivity contribution is -0.147. The third-order valence-corrected chi connectivity index (χ3v) is 5.96. The monoisotopic (exact) mass is 447 g/mol. The highest BCUT2D eigenvalue weighted by Crippen LogP contribution is 2.29. The summed E-state index contributed by atoms with van der Waals surface area (Å²) in [7, 11) is 3.28. The number of nitrogens with zero attached hydrogens (tertiary/aromatic N) is 2. The minimum atomic E-state index is -1.14. The molecule has 3 atom stereocenters. The second-order valence-corrected chi connectivity index (χ2v) is 8.50. The number of esters is 1. The van der Waals surface area contributed by atoms with Gasteiger partial charge in [-0.25, -0.2) is 9.78 Å². The van der Waals surface area contributed by atoms with Gasteiger partial charge in [-0.3, -0.25) is 9.59 Å². The van der Waals surface area contributed by atoms with Crippen molar-refractivity contribution >= 4 is 29.2 Å². The minimum absolute atomic E-state index is 0.0875. The SMILES string of the molecule is CN[C@H](C[C@@H](OC(C)=O)c1nc(C(=O)N(C)C(C(=O)O)c2ccccc2)cs1)C(C)C. The molecule has 31 heavy (non-hydrogen) atoms. The molecule has 0 fully saturated rings. The van der Waals surface area contributed by atoms with Crippen LogP contribution in [0.25, 0.3) is 0 Å². The van der Waals surface area contributed by atoms with Gasteiger partial charge in [0.2, 0.25) is 0 Å². The van der Waals surface area contributed by atoms with E-state index < -0.39 is 30.0 Å². The molecule has 0 saturated carbocycles. The number of carbonyl (C=O) groups excluding carboxylic acids is 2. The third-order valence-electron chi connectivity index (χ3n) is 5.03. The number of ether oxygens (including phenoxy) is 1. The van der Waals surface area contributed by atoms with Gasteiger partial charge in [0.25, 0.3) is 5.91 Å². The zero-order valence-electron chi connectivity index (χ0n) is 18.4. The fraction of sp³-hybridized carbons (Fsp3) is 0.455. The number of thiazole rings is 1. The van der Waals surface area contributed by atoms with Gasteiger partial charge in [0.15, 0.2) is 12.1 Å². The van der Waals surface area contributed by atoms with Crippen molar-refractivity contribution in [2.75, 3.05) is 14.1 Å². The van der Waals surface area contributed by atoms with Crippen LogP contribution in [0.1, 0.15) is 60.4 Å². The van der Waals surface area contributed by atoms with E-state index in [1.165, 1.54) is 25.3 Å². The highest BCUT2D eigenvalue weighted by atomic mass is 32.1. The summed E-state index contributed by atoms with van der Waals surface area (Å²) in [6, 6.07) is 7.50. The highest BCUT2D eigenvalue weighted by molar-refractivity contribution is 7.09. The van der Waals surface area contributed by atoms with Crippen LogP contribution in [0.2, 0.25) is 0 Å². The van der Waals surface area contributed by atoms with Crippen LogP contribution in [0.15, 0.2) is 35.7 Å². The van der Waals surface area contributed by atoms with Gasteiger partial charge in [0.05, 0.1) is 0 Å². The zero-order chi connectivity index (χ0) is 23.1. The Balaban J connectivity index is 2.27. The Bertz CT molecular complexity index is 900. The fourth-order valence-electron chi connectivity index (χ4n) is 3.35. The van der Waals surface area contributed by atoms with Gasteiger partial charge in [-0.2, -0.15) is 0 Å². The molecule has 0 bridgehead atoms. The van der Waals surface area contributed by atoms with E-state index in [0.717, 1.165) is 4.90 Å². The first-order chi connectivity index (χ1) is 14.6. The molecule has 0 aliphatic rings. The first-order valence-electron chi connectivity index (χ1n) is 10.0. The Morgan fingerprint density at radius 2 is 1.87 bits per heavy atom. The number of hydrogen-bond acceptors (Lipinski definition) is 7. The van der Waals surface area contributed by atoms with E-state index in [-0.39, 0.29) is 11.7 Å². The van der Waals surface area contributed by atoms with Crippen molar-refractivity contribution in [3.63, 3.8) is 0 Å². The zero-order valence-corrected chi connectivity index (χ0v) is 19.2. The number of carboxylic acids is 1. The molecule has 0 radical (unpaired) electrons. The summed E-state index contributed by atoms with van der Waals surface area (Å²) >= 11 is 1.21. The molecular weight excluding hydrogens is 418 g/mol. The summed E-state index contributed by atoms with van der Waals surface area (Å²) in [5.74, 6) is -1.78. The molecule has 0 aliphatic heterocycles. The summed E-state index contributed by atoms with van der Waals surface area (Å²) in [4.78, 5) is 42.0. The number of likely N-dealkylation sites (N-methyl/N-ethyl adjacent to an activating group) is 1. The number of nitrogens with one attached hydrogen (secondary N) is 1. The van der Waals surface area contributed by atoms with Crippen LogP contribution in [-0.2, 0) is 14.3 Å². The summed E-state index contributed by atoms with van der Waals surface area (Å²) in [6.07, 6.45) is -0.0921. The van der Waals surface area contributed by atoms with E-state index in [1.54, 1.807) is 35.7 Å². The average molecular weight is 448 g/mol. The van der Waals surface area contributed by atoms with Crippen molar-refractivity contribution in [2.45, 2.75) is 45.4 Å². The van der Waals surface area contributed by atoms with Crippen LogP contribution in [0, 0.1) is 5.92 Å². The molecule has 1 amide bonds. The summed E-state index contributed by atoms with van der Waals surface area (Å²) in [6.45, 7) is 5.46. The Labute approximate surface area is 186 Å². The van der Waals surface area contributed by atoms with Crippen molar-refractivity contribution < 1.29 is 24.2 Å². The van der Waals surface area contributed by atoms with Gasteiger partial charge in [-0.05, 0) is 18.5 Å². The first-order valence-corrected chi connectivity index (χ1v) is 10.9. The molecule has 2 rings (SSSR count). The molecule has 1 aromatic heterocycles. The maximum Gasteiger partial charge on any atom is 0.331 e. The number of hydrogen-bond donors (Lipinski definition) is 2. The number of rotatable bonds is 10. The minimum Gasteiger partial charge on any atom is -0.479 e. The normalized spacial score (nSPS) is 14.0. The summed E-state index contributed by atoms with van der Waals surface area (Å²) in [5, 5.41) is 15.0. The quantitative estimate of drug-likeness (QED) is 0.538. The lowest BCUT2D eigenvalue weighted by Gasteiger charge is -2.25. The highest BCUT2D eigenvalue weighted by Gasteiger charge is 2.31. The molecule has 0 spiro atoms. The Morgan fingerprint density at radius 1 is 1.23 bits per heavy atom. The van der Waals surface area contributed by atoms with Gasteiger partial charge >= 0.3 is 11.9 Å². The molecule has 8 nitrogen and oxygen atoms in total. The third kappa shape index (κ3) is 6.35. The fourth-order valence-corrected chi connectivity index (χ4v) is 4.19. The number of amides is 1. The number of aromatic nitrogens is 1. The standard InChI is InChI=1S/C22H29N3O5S/c1-13(2)16(23-4)11-18(30-14(3)26)20-24-17(12-31-20)21(27)25(5)19(22(28)29)15-9-7-6-8-10-15/h6-10,12-13,16,18-19,23H,11H2,1-5H3,(H,28,29)/t16-,18-,19?/m1/s1. The largest absolute Gasteiger partial charge is 0.479 e. The van der Waals surface area contributed by atoms with Crippen LogP contribution in [0.4, 0.5) is 0 Å². The lowest BCUT2D eigenvalue weighted by Crippen LogP contribution is -2.36. The van der Waals surface area contributed by atoms with E-state index in [9.17, 15) is 19.5 Å². The van der Waals surface area contributed by atoms with Crippen molar-refractivity contribution in [1.82, 2.24) is 15.2 Å². The molecule has 168 valence electrons. The molecule has 9 heteroatoms. The smallest absolute Gasteiger partial charge is 0.331 e.